The lowest BCUT2D eigenvalue weighted by Gasteiger charge is -2.04. The summed E-state index contributed by atoms with van der Waals surface area (Å²) in [7, 11) is 1.40. The Balaban J connectivity index is 1.94. The molecule has 0 amide bonds. The summed E-state index contributed by atoms with van der Waals surface area (Å²) in [5.74, 6) is -0.455. The first-order valence-electron chi connectivity index (χ1n) is 6.58. The molecule has 2 rings (SSSR count). The Bertz CT molecular complexity index is 505. The number of ether oxygens (including phenoxy) is 1. The van der Waals surface area contributed by atoms with Crippen LogP contribution in [0.5, 0.6) is 0 Å². The van der Waals surface area contributed by atoms with E-state index in [1.165, 1.54) is 18.2 Å². The fourth-order valence-electron chi connectivity index (χ4n) is 2.32. The summed E-state index contributed by atoms with van der Waals surface area (Å²) in [4.78, 5) is 15.8. The lowest BCUT2D eigenvalue weighted by atomic mass is 10.1. The Morgan fingerprint density at radius 3 is 3.05 bits per heavy atom. The van der Waals surface area contributed by atoms with Crippen molar-refractivity contribution in [3.63, 3.8) is 0 Å². The van der Waals surface area contributed by atoms with Crippen LogP contribution >= 0.6 is 0 Å². The molecule has 0 heterocycles. The zero-order valence-electron chi connectivity index (χ0n) is 11.4. The zero-order valence-corrected chi connectivity index (χ0v) is 11.4. The summed E-state index contributed by atoms with van der Waals surface area (Å²) in [5.41, 5.74) is 2.73. The summed E-state index contributed by atoms with van der Waals surface area (Å²) in [6.07, 6.45) is 7.57. The molecule has 0 fully saturated rings. The molecule has 100 valence electrons. The molecule has 1 aromatic carbocycles. The maximum absolute atomic E-state index is 11.2. The van der Waals surface area contributed by atoms with E-state index in [0.717, 1.165) is 12.8 Å². The van der Waals surface area contributed by atoms with Crippen LogP contribution in [0.4, 0.5) is 0 Å². The monoisotopic (exact) mass is 257 g/mol. The number of hydrogen-bond donors (Lipinski definition) is 0. The maximum atomic E-state index is 11.2. The average molecular weight is 257 g/mol. The van der Waals surface area contributed by atoms with Crippen molar-refractivity contribution in [2.45, 2.75) is 25.8 Å². The van der Waals surface area contributed by atoms with E-state index in [4.69, 9.17) is 0 Å². The number of benzene rings is 1. The molecule has 2 atom stereocenters. The highest BCUT2D eigenvalue weighted by Crippen LogP contribution is 2.33. The average Bonchev–Trinajstić information content (AvgIpc) is 2.86. The van der Waals surface area contributed by atoms with Gasteiger partial charge in [0.05, 0.1) is 19.1 Å². The highest BCUT2D eigenvalue weighted by molar-refractivity contribution is 5.77. The van der Waals surface area contributed by atoms with Crippen molar-refractivity contribution in [2.75, 3.05) is 7.11 Å². The number of esters is 1. The Morgan fingerprint density at radius 2 is 2.26 bits per heavy atom. The molecule has 0 N–H and O–H groups in total. The molecular formula is C16H19NO2. The number of carbonyl (C=O) groups is 1. The fourth-order valence-corrected chi connectivity index (χ4v) is 2.32. The number of allylic oxidation sites excluding steroid dienone is 1. The van der Waals surface area contributed by atoms with E-state index >= 15 is 0 Å². The molecule has 1 aliphatic carbocycles. The minimum absolute atomic E-state index is 0.226. The summed E-state index contributed by atoms with van der Waals surface area (Å²) >= 11 is 0. The number of aliphatic imine (C=N–C) groups is 1. The van der Waals surface area contributed by atoms with E-state index in [0.29, 0.717) is 0 Å². The van der Waals surface area contributed by atoms with E-state index in [1.807, 2.05) is 6.08 Å². The van der Waals surface area contributed by atoms with Gasteiger partial charge in [0.25, 0.3) is 0 Å². The van der Waals surface area contributed by atoms with Gasteiger partial charge in [0.2, 0.25) is 0 Å². The highest BCUT2D eigenvalue weighted by atomic mass is 16.5. The van der Waals surface area contributed by atoms with Gasteiger partial charge in [0.1, 0.15) is 0 Å². The third-order valence-corrected chi connectivity index (χ3v) is 3.43. The second-order valence-electron chi connectivity index (χ2n) is 4.75. The Hall–Kier alpha value is -1.90. The van der Waals surface area contributed by atoms with Crippen molar-refractivity contribution in [2.24, 2.45) is 10.9 Å². The summed E-state index contributed by atoms with van der Waals surface area (Å²) in [5, 5.41) is 0. The molecule has 19 heavy (non-hydrogen) atoms. The molecule has 3 nitrogen and oxygen atoms in total. The van der Waals surface area contributed by atoms with Crippen LogP contribution in [0.3, 0.4) is 0 Å². The molecular weight excluding hydrogens is 238 g/mol. The number of aryl methyl sites for hydroxylation is 1. The third kappa shape index (κ3) is 3.31. The molecule has 0 saturated heterocycles. The number of rotatable bonds is 4. The first-order chi connectivity index (χ1) is 9.22. The predicted octanol–water partition coefficient (Wildman–Crippen LogP) is 3.11. The van der Waals surface area contributed by atoms with Crippen molar-refractivity contribution < 1.29 is 9.53 Å². The van der Waals surface area contributed by atoms with Gasteiger partial charge in [-0.25, -0.2) is 0 Å². The SMILES string of the molecule is COC(=O)C(C)/C=C/C=NC1CCc2ccccc21. The smallest absolute Gasteiger partial charge is 0.312 e. The first-order valence-corrected chi connectivity index (χ1v) is 6.58. The van der Waals surface area contributed by atoms with Crippen LogP contribution < -0.4 is 0 Å². The molecule has 3 heteroatoms. The standard InChI is InChI=1S/C16H19NO2/c1-12(16(18)19-2)6-5-11-17-15-10-9-13-7-3-4-8-14(13)15/h3-8,11-12,15H,9-10H2,1-2H3/b6-5+,17-11?. The maximum Gasteiger partial charge on any atom is 0.312 e. The first kappa shape index (κ1) is 13.5. The van der Waals surface area contributed by atoms with Crippen LogP contribution in [0.25, 0.3) is 0 Å². The molecule has 0 saturated carbocycles. The predicted molar refractivity (Wildman–Crippen MR) is 76.3 cm³/mol. The largest absolute Gasteiger partial charge is 0.469 e. The Kier molecular flexibility index (Phi) is 4.50. The van der Waals surface area contributed by atoms with E-state index in [-0.39, 0.29) is 17.9 Å². The van der Waals surface area contributed by atoms with Crippen LogP contribution in [-0.4, -0.2) is 19.3 Å². The molecule has 2 unspecified atom stereocenters. The van der Waals surface area contributed by atoms with Gasteiger partial charge in [-0.05, 0) is 37.0 Å². The minimum atomic E-state index is -0.229. The van der Waals surface area contributed by atoms with Crippen LogP contribution in [0.15, 0.2) is 41.4 Å². The van der Waals surface area contributed by atoms with Gasteiger partial charge < -0.3 is 4.74 Å². The van der Waals surface area contributed by atoms with Gasteiger partial charge in [0, 0.05) is 6.21 Å². The number of carbonyl (C=O) groups excluding carboxylic acids is 1. The molecule has 1 aliphatic rings. The molecule has 0 aromatic heterocycles. The molecule has 0 bridgehead atoms. The molecule has 0 spiro atoms. The normalized spacial score (nSPS) is 19.8. The number of nitrogens with zero attached hydrogens (tertiary/aromatic N) is 1. The van der Waals surface area contributed by atoms with Crippen LogP contribution in [-0.2, 0) is 16.0 Å². The second-order valence-corrected chi connectivity index (χ2v) is 4.75. The fraction of sp³-hybridized carbons (Fsp3) is 0.375. The quantitative estimate of drug-likeness (QED) is 0.614. The summed E-state index contributed by atoms with van der Waals surface area (Å²) < 4.78 is 4.65. The minimum Gasteiger partial charge on any atom is -0.469 e. The second kappa shape index (κ2) is 6.32. The Labute approximate surface area is 114 Å². The van der Waals surface area contributed by atoms with Crippen molar-refractivity contribution >= 4 is 12.2 Å². The summed E-state index contributed by atoms with van der Waals surface area (Å²) in [6, 6.07) is 8.70. The van der Waals surface area contributed by atoms with Crippen LogP contribution in [0.1, 0.15) is 30.5 Å². The van der Waals surface area contributed by atoms with Crippen molar-refractivity contribution in [1.82, 2.24) is 0 Å². The van der Waals surface area contributed by atoms with Crippen molar-refractivity contribution in [3.05, 3.63) is 47.5 Å². The molecule has 1 aromatic rings. The van der Waals surface area contributed by atoms with Gasteiger partial charge in [-0.3, -0.25) is 9.79 Å². The topological polar surface area (TPSA) is 38.7 Å². The number of fused-ring (bicyclic) bond motifs is 1. The number of hydrogen-bond acceptors (Lipinski definition) is 3. The third-order valence-electron chi connectivity index (χ3n) is 3.43. The van der Waals surface area contributed by atoms with Gasteiger partial charge in [-0.2, -0.15) is 0 Å². The van der Waals surface area contributed by atoms with Crippen molar-refractivity contribution in [1.29, 1.82) is 0 Å². The molecule has 0 aliphatic heterocycles. The van der Waals surface area contributed by atoms with Crippen LogP contribution in [0, 0.1) is 5.92 Å². The molecule has 0 radical (unpaired) electrons. The van der Waals surface area contributed by atoms with Crippen molar-refractivity contribution in [3.8, 4) is 0 Å². The van der Waals surface area contributed by atoms with Gasteiger partial charge in [-0.1, -0.05) is 30.3 Å². The van der Waals surface area contributed by atoms with E-state index in [9.17, 15) is 4.79 Å². The van der Waals surface area contributed by atoms with Gasteiger partial charge >= 0.3 is 5.97 Å². The van der Waals surface area contributed by atoms with E-state index in [2.05, 4.69) is 34.0 Å². The van der Waals surface area contributed by atoms with Crippen LogP contribution in [0.2, 0.25) is 0 Å². The van der Waals surface area contributed by atoms with E-state index in [1.54, 1.807) is 19.2 Å². The lowest BCUT2D eigenvalue weighted by molar-refractivity contribution is -0.143. The van der Waals surface area contributed by atoms with E-state index < -0.39 is 0 Å². The van der Waals surface area contributed by atoms with Gasteiger partial charge in [-0.15, -0.1) is 0 Å². The zero-order chi connectivity index (χ0) is 13.7. The number of methoxy groups -OCH3 is 1. The summed E-state index contributed by atoms with van der Waals surface area (Å²) in [6.45, 7) is 1.81. The Morgan fingerprint density at radius 1 is 1.47 bits per heavy atom. The lowest BCUT2D eigenvalue weighted by Crippen LogP contribution is -2.09. The highest BCUT2D eigenvalue weighted by Gasteiger charge is 2.19. The van der Waals surface area contributed by atoms with Gasteiger partial charge in [0.15, 0.2) is 0 Å².